The third-order valence-corrected chi connectivity index (χ3v) is 6.98. The predicted octanol–water partition coefficient (Wildman–Crippen LogP) is 5.32. The highest BCUT2D eigenvalue weighted by Crippen LogP contribution is 2.38. The number of amides is 3. The lowest BCUT2D eigenvalue weighted by Crippen LogP contribution is -2.27. The summed E-state index contributed by atoms with van der Waals surface area (Å²) < 4.78 is 22.2. The monoisotopic (exact) mass is 662 g/mol. The van der Waals surface area contributed by atoms with E-state index in [0.29, 0.717) is 32.9 Å². The van der Waals surface area contributed by atoms with E-state index in [2.05, 4.69) is 32.6 Å². The van der Waals surface area contributed by atoms with Crippen molar-refractivity contribution in [3.05, 3.63) is 80.2 Å². The third kappa shape index (κ3) is 7.00. The minimum atomic E-state index is -0.653. The molecule has 1 aliphatic heterocycles. The van der Waals surface area contributed by atoms with Crippen LogP contribution >= 0.6 is 34.4 Å². The topological polar surface area (TPSA) is 124 Å². The average Bonchev–Trinajstić information content (AvgIpc) is 3.49. The van der Waals surface area contributed by atoms with Gasteiger partial charge in [-0.3, -0.25) is 19.3 Å². The summed E-state index contributed by atoms with van der Waals surface area (Å²) in [5.41, 5.74) is 1.27. The number of rotatable bonds is 10. The van der Waals surface area contributed by atoms with E-state index in [9.17, 15) is 19.2 Å². The fourth-order valence-corrected chi connectivity index (χ4v) is 5.17. The molecule has 1 fully saturated rings. The lowest BCUT2D eigenvalue weighted by Gasteiger charge is -2.15. The molecule has 3 aromatic rings. The number of halogens is 1. The standard InChI is InChI=1S/C27H23IN2O8S/c1-3-36-21-12-16(11-19(28)24(21)37-15-23(31)29-17-7-5-4-6-8-17)13-22-25(32)30(27(34)39-22)14-18-9-10-20(38-18)26(33)35-2/h4-13H,3,14-15H2,1-2H3,(H,29,31)/b22-13+. The maximum atomic E-state index is 13.0. The van der Waals surface area contributed by atoms with Crippen molar-refractivity contribution in [2.45, 2.75) is 13.5 Å². The number of thioether (sulfide) groups is 1. The minimum absolute atomic E-state index is 0.0205. The first-order chi connectivity index (χ1) is 18.8. The molecule has 4 rings (SSSR count). The molecule has 2 heterocycles. The number of anilines is 1. The molecule has 1 saturated heterocycles. The van der Waals surface area contributed by atoms with Gasteiger partial charge in [0.15, 0.2) is 18.1 Å². The summed E-state index contributed by atoms with van der Waals surface area (Å²) in [6, 6.07) is 15.4. The molecule has 1 aromatic heterocycles. The molecule has 0 spiro atoms. The third-order valence-electron chi connectivity index (χ3n) is 5.27. The van der Waals surface area contributed by atoms with Crippen LogP contribution < -0.4 is 14.8 Å². The van der Waals surface area contributed by atoms with Gasteiger partial charge in [-0.05, 0) is 89.3 Å². The molecular formula is C27H23IN2O8S. The SMILES string of the molecule is CCOc1cc(/C=C2/SC(=O)N(Cc3ccc(C(=O)OC)o3)C2=O)cc(I)c1OCC(=O)Nc1ccccc1. The van der Waals surface area contributed by atoms with Gasteiger partial charge in [0.05, 0.1) is 28.7 Å². The zero-order valence-corrected chi connectivity index (χ0v) is 23.9. The fraction of sp³-hybridized carbons (Fsp3) is 0.185. The number of hydrogen-bond acceptors (Lipinski definition) is 9. The van der Waals surface area contributed by atoms with Crippen molar-refractivity contribution in [2.24, 2.45) is 0 Å². The summed E-state index contributed by atoms with van der Waals surface area (Å²) in [6.45, 7) is 1.81. The van der Waals surface area contributed by atoms with Gasteiger partial charge in [-0.2, -0.15) is 0 Å². The normalized spacial score (nSPS) is 14.0. The van der Waals surface area contributed by atoms with Crippen LogP contribution in [-0.4, -0.2) is 48.2 Å². The van der Waals surface area contributed by atoms with Crippen LogP contribution in [0.5, 0.6) is 11.5 Å². The second-order valence-corrected chi connectivity index (χ2v) is 10.1. The van der Waals surface area contributed by atoms with Gasteiger partial charge in [0.25, 0.3) is 17.1 Å². The van der Waals surface area contributed by atoms with Gasteiger partial charge in [-0.15, -0.1) is 0 Å². The molecule has 39 heavy (non-hydrogen) atoms. The second kappa shape index (κ2) is 12.8. The maximum absolute atomic E-state index is 13.0. The molecule has 0 bridgehead atoms. The smallest absolute Gasteiger partial charge is 0.373 e. The van der Waals surface area contributed by atoms with E-state index in [0.717, 1.165) is 16.7 Å². The van der Waals surface area contributed by atoms with Gasteiger partial charge in [-0.1, -0.05) is 18.2 Å². The van der Waals surface area contributed by atoms with Gasteiger partial charge >= 0.3 is 5.97 Å². The molecule has 1 aliphatic rings. The van der Waals surface area contributed by atoms with Crippen molar-refractivity contribution in [1.29, 1.82) is 0 Å². The molecule has 1 N–H and O–H groups in total. The number of methoxy groups -OCH3 is 1. The largest absolute Gasteiger partial charge is 0.490 e. The Morgan fingerprint density at radius 1 is 1.10 bits per heavy atom. The van der Waals surface area contributed by atoms with Gasteiger partial charge < -0.3 is 23.9 Å². The van der Waals surface area contributed by atoms with E-state index in [4.69, 9.17) is 13.9 Å². The molecule has 10 nitrogen and oxygen atoms in total. The molecule has 202 valence electrons. The highest BCUT2D eigenvalue weighted by molar-refractivity contribution is 14.1. The van der Waals surface area contributed by atoms with Gasteiger partial charge in [0.1, 0.15) is 5.76 Å². The van der Waals surface area contributed by atoms with Crippen molar-refractivity contribution < 1.29 is 37.8 Å². The van der Waals surface area contributed by atoms with Crippen LogP contribution in [-0.2, 0) is 20.9 Å². The summed E-state index contributed by atoms with van der Waals surface area (Å²) >= 11 is 2.86. The second-order valence-electron chi connectivity index (χ2n) is 7.99. The molecule has 0 radical (unpaired) electrons. The summed E-state index contributed by atoms with van der Waals surface area (Å²) in [5.74, 6) is -0.435. The van der Waals surface area contributed by atoms with Crippen LogP contribution in [0.2, 0.25) is 0 Å². The Kier molecular flexibility index (Phi) is 9.30. The number of carbonyl (C=O) groups excluding carboxylic acids is 4. The number of furan rings is 1. The number of ether oxygens (including phenoxy) is 3. The van der Waals surface area contributed by atoms with Crippen LogP contribution in [0.3, 0.4) is 0 Å². The molecule has 2 aromatic carbocycles. The van der Waals surface area contributed by atoms with E-state index in [1.54, 1.807) is 30.3 Å². The number of imide groups is 1. The van der Waals surface area contributed by atoms with Crippen LogP contribution in [0, 0.1) is 3.57 Å². The number of nitrogens with zero attached hydrogens (tertiary/aromatic N) is 1. The molecule has 3 amide bonds. The lowest BCUT2D eigenvalue weighted by atomic mass is 10.2. The first-order valence-corrected chi connectivity index (χ1v) is 13.5. The first kappa shape index (κ1) is 28.2. The van der Waals surface area contributed by atoms with E-state index < -0.39 is 17.1 Å². The van der Waals surface area contributed by atoms with Gasteiger partial charge in [-0.25, -0.2) is 4.79 Å². The number of benzene rings is 2. The van der Waals surface area contributed by atoms with Crippen LogP contribution in [0.25, 0.3) is 6.08 Å². The summed E-state index contributed by atoms with van der Waals surface area (Å²) in [6.07, 6.45) is 1.59. The van der Waals surface area contributed by atoms with Crippen molar-refractivity contribution in [2.75, 3.05) is 25.6 Å². The quantitative estimate of drug-likeness (QED) is 0.175. The zero-order valence-electron chi connectivity index (χ0n) is 20.9. The van der Waals surface area contributed by atoms with Gasteiger partial charge in [0, 0.05) is 5.69 Å². The summed E-state index contributed by atoms with van der Waals surface area (Å²) in [5, 5.41) is 2.29. The van der Waals surface area contributed by atoms with Crippen molar-refractivity contribution >= 4 is 69.1 Å². The lowest BCUT2D eigenvalue weighted by molar-refractivity contribution is -0.123. The maximum Gasteiger partial charge on any atom is 0.373 e. The molecule has 0 aliphatic carbocycles. The van der Waals surface area contributed by atoms with E-state index in [-0.39, 0.29) is 35.5 Å². The highest BCUT2D eigenvalue weighted by atomic mass is 127. The van der Waals surface area contributed by atoms with E-state index in [1.165, 1.54) is 19.2 Å². The summed E-state index contributed by atoms with van der Waals surface area (Å²) in [7, 11) is 1.23. The molecular weight excluding hydrogens is 639 g/mol. The number of nitrogens with one attached hydrogen (secondary N) is 1. The van der Waals surface area contributed by atoms with E-state index in [1.807, 2.05) is 25.1 Å². The average molecular weight is 662 g/mol. The van der Waals surface area contributed by atoms with Crippen LogP contribution in [0.15, 0.2) is 63.9 Å². The Labute approximate surface area is 241 Å². The van der Waals surface area contributed by atoms with E-state index >= 15 is 0 Å². The predicted molar refractivity (Wildman–Crippen MR) is 152 cm³/mol. The molecule has 0 unspecified atom stereocenters. The first-order valence-electron chi connectivity index (χ1n) is 11.7. The van der Waals surface area contributed by atoms with Crippen molar-refractivity contribution in [3.8, 4) is 11.5 Å². The highest BCUT2D eigenvalue weighted by Gasteiger charge is 2.36. The number of hydrogen-bond donors (Lipinski definition) is 1. The Balaban J connectivity index is 1.48. The fourth-order valence-electron chi connectivity index (χ4n) is 3.55. The minimum Gasteiger partial charge on any atom is -0.490 e. The van der Waals surface area contributed by atoms with Crippen LogP contribution in [0.4, 0.5) is 10.5 Å². The summed E-state index contributed by atoms with van der Waals surface area (Å²) in [4.78, 5) is 50.8. The number of para-hydroxylation sites is 1. The molecule has 0 saturated carbocycles. The van der Waals surface area contributed by atoms with Crippen LogP contribution in [0.1, 0.15) is 28.8 Å². The Morgan fingerprint density at radius 2 is 1.87 bits per heavy atom. The number of esters is 1. The zero-order chi connectivity index (χ0) is 27.9. The number of carbonyl (C=O) groups is 4. The Hall–Kier alpha value is -3.78. The Bertz CT molecular complexity index is 1440. The van der Waals surface area contributed by atoms with Gasteiger partial charge in [0.2, 0.25) is 5.76 Å². The van der Waals surface area contributed by atoms with Crippen molar-refractivity contribution in [1.82, 2.24) is 4.90 Å². The Morgan fingerprint density at radius 3 is 2.59 bits per heavy atom. The van der Waals surface area contributed by atoms with Crippen molar-refractivity contribution in [3.63, 3.8) is 0 Å². The molecule has 12 heteroatoms. The molecule has 0 atom stereocenters.